The Balaban J connectivity index is 1.28. The maximum atomic E-state index is 12.3. The minimum absolute atomic E-state index is 0.00764. The first kappa shape index (κ1) is 19.5. The summed E-state index contributed by atoms with van der Waals surface area (Å²) < 4.78 is 2.87. The molecule has 0 radical (unpaired) electrons. The number of thiazole rings is 1. The summed E-state index contributed by atoms with van der Waals surface area (Å²) in [6.45, 7) is 0. The third-order valence-electron chi connectivity index (χ3n) is 4.38. The number of nitrogens with one attached hydrogen (secondary N) is 1. The number of unbranched alkanes of at least 4 members (excludes halogenated alkanes) is 1. The van der Waals surface area contributed by atoms with E-state index in [2.05, 4.69) is 31.9 Å². The predicted molar refractivity (Wildman–Crippen MR) is 117 cm³/mol. The van der Waals surface area contributed by atoms with Gasteiger partial charge in [-0.2, -0.15) is 4.68 Å². The number of amides is 1. The van der Waals surface area contributed by atoms with Crippen LogP contribution in [-0.4, -0.2) is 37.4 Å². The van der Waals surface area contributed by atoms with Crippen molar-refractivity contribution in [3.8, 4) is 5.69 Å². The molecule has 2 aromatic carbocycles. The van der Waals surface area contributed by atoms with Crippen LogP contribution in [0.2, 0.25) is 0 Å². The van der Waals surface area contributed by atoms with Crippen LogP contribution in [0.1, 0.15) is 24.3 Å². The minimum Gasteiger partial charge on any atom is -0.326 e. The van der Waals surface area contributed by atoms with Crippen LogP contribution in [-0.2, 0) is 11.2 Å². The number of aryl methyl sites for hydroxylation is 1. The average molecular weight is 425 g/mol. The van der Waals surface area contributed by atoms with Gasteiger partial charge in [-0.3, -0.25) is 4.79 Å². The molecule has 148 valence electrons. The van der Waals surface area contributed by atoms with Crippen LogP contribution in [0.3, 0.4) is 0 Å². The number of rotatable bonds is 8. The van der Waals surface area contributed by atoms with Gasteiger partial charge in [0, 0.05) is 12.1 Å². The number of hydrogen-bond donors (Lipinski definition) is 1. The zero-order valence-corrected chi connectivity index (χ0v) is 17.5. The highest BCUT2D eigenvalue weighted by Crippen LogP contribution is 2.23. The number of nitrogens with zero attached hydrogens (tertiary/aromatic N) is 5. The van der Waals surface area contributed by atoms with E-state index in [4.69, 9.17) is 0 Å². The smallest absolute Gasteiger partial charge is 0.224 e. The number of tetrazole rings is 1. The molecule has 0 fully saturated rings. The Bertz CT molecular complexity index is 1090. The number of para-hydroxylation sites is 1. The van der Waals surface area contributed by atoms with E-state index in [-0.39, 0.29) is 5.91 Å². The molecule has 9 heteroatoms. The van der Waals surface area contributed by atoms with Gasteiger partial charge >= 0.3 is 0 Å². The molecule has 0 unspecified atom stereocenters. The number of carbonyl (C=O) groups excluding carboxylic acids is 1. The van der Waals surface area contributed by atoms with Gasteiger partial charge in [0.2, 0.25) is 11.1 Å². The van der Waals surface area contributed by atoms with E-state index in [1.54, 1.807) is 16.0 Å². The van der Waals surface area contributed by atoms with Gasteiger partial charge in [0.25, 0.3) is 0 Å². The molecule has 2 aromatic heterocycles. The largest absolute Gasteiger partial charge is 0.326 e. The molecule has 2 heterocycles. The summed E-state index contributed by atoms with van der Waals surface area (Å²) in [4.78, 5) is 17.0. The Hall–Kier alpha value is -2.78. The molecule has 7 nitrogen and oxygen atoms in total. The maximum absolute atomic E-state index is 12.3. The molecular formula is C20H20N6OS2. The van der Waals surface area contributed by atoms with Crippen LogP contribution < -0.4 is 5.32 Å². The summed E-state index contributed by atoms with van der Waals surface area (Å²) in [6.07, 6.45) is 5.07. The van der Waals surface area contributed by atoms with Crippen LogP contribution in [0.25, 0.3) is 15.9 Å². The molecule has 1 N–H and O–H groups in total. The van der Waals surface area contributed by atoms with Crippen LogP contribution in [0, 0.1) is 0 Å². The second-order valence-corrected chi connectivity index (χ2v) is 8.35. The summed E-state index contributed by atoms with van der Waals surface area (Å²) in [5.74, 6) is 0.00764. The lowest BCUT2D eigenvalue weighted by molar-refractivity contribution is -0.116. The van der Waals surface area contributed by atoms with Crippen molar-refractivity contribution in [1.82, 2.24) is 25.2 Å². The van der Waals surface area contributed by atoms with Gasteiger partial charge < -0.3 is 5.32 Å². The number of aromatic nitrogens is 5. The van der Waals surface area contributed by atoms with Crippen LogP contribution in [0.15, 0.2) is 53.7 Å². The lowest BCUT2D eigenvalue weighted by atomic mass is 10.2. The molecule has 4 aromatic rings. The molecule has 0 bridgehead atoms. The predicted octanol–water partition coefficient (Wildman–Crippen LogP) is 4.35. The van der Waals surface area contributed by atoms with Crippen molar-refractivity contribution in [1.29, 1.82) is 0 Å². The van der Waals surface area contributed by atoms with Crippen LogP contribution in [0.5, 0.6) is 0 Å². The molecule has 0 saturated heterocycles. The Morgan fingerprint density at radius 1 is 1.17 bits per heavy atom. The highest BCUT2D eigenvalue weighted by molar-refractivity contribution is 7.98. The van der Waals surface area contributed by atoms with Crippen molar-refractivity contribution in [3.05, 3.63) is 53.5 Å². The van der Waals surface area contributed by atoms with Gasteiger partial charge in [-0.25, -0.2) is 4.98 Å². The Kier molecular flexibility index (Phi) is 6.16. The quantitative estimate of drug-likeness (QED) is 0.334. The fraction of sp³-hybridized carbons (Fsp3) is 0.250. The maximum Gasteiger partial charge on any atom is 0.224 e. The second-order valence-electron chi connectivity index (χ2n) is 6.46. The van der Waals surface area contributed by atoms with E-state index in [9.17, 15) is 4.79 Å². The van der Waals surface area contributed by atoms with E-state index in [0.29, 0.717) is 11.6 Å². The number of fused-ring (bicyclic) bond motifs is 1. The topological polar surface area (TPSA) is 85.6 Å². The summed E-state index contributed by atoms with van der Waals surface area (Å²) in [5.41, 5.74) is 2.60. The van der Waals surface area contributed by atoms with E-state index in [1.807, 2.05) is 48.7 Å². The molecule has 0 saturated carbocycles. The number of benzene rings is 2. The molecule has 0 aliphatic carbocycles. The fourth-order valence-corrected chi connectivity index (χ4v) is 4.44. The van der Waals surface area contributed by atoms with E-state index in [1.165, 1.54) is 16.5 Å². The fourth-order valence-electron chi connectivity index (χ4n) is 3.00. The molecule has 0 aliphatic heterocycles. The van der Waals surface area contributed by atoms with E-state index >= 15 is 0 Å². The summed E-state index contributed by atoms with van der Waals surface area (Å²) >= 11 is 3.19. The van der Waals surface area contributed by atoms with Gasteiger partial charge in [0.05, 0.1) is 20.9 Å². The third-order valence-corrected chi connectivity index (χ3v) is 6.10. The molecule has 0 atom stereocenters. The monoisotopic (exact) mass is 424 g/mol. The van der Waals surface area contributed by atoms with Crippen molar-refractivity contribution < 1.29 is 4.79 Å². The normalized spacial score (nSPS) is 11.1. The van der Waals surface area contributed by atoms with Crippen molar-refractivity contribution >= 4 is 44.9 Å². The molecule has 0 spiro atoms. The summed E-state index contributed by atoms with van der Waals surface area (Å²) in [7, 11) is 0. The number of hydrogen-bond acceptors (Lipinski definition) is 7. The van der Waals surface area contributed by atoms with Gasteiger partial charge in [0.15, 0.2) is 0 Å². The third kappa shape index (κ3) is 4.80. The molecular weight excluding hydrogens is 404 g/mol. The first-order valence-electron chi connectivity index (χ1n) is 9.30. The minimum atomic E-state index is 0.00764. The highest BCUT2D eigenvalue weighted by atomic mass is 32.2. The van der Waals surface area contributed by atoms with Crippen molar-refractivity contribution in [3.63, 3.8) is 0 Å². The van der Waals surface area contributed by atoms with Gasteiger partial charge in [0.1, 0.15) is 0 Å². The molecule has 0 aliphatic rings. The molecule has 29 heavy (non-hydrogen) atoms. The Labute approximate surface area is 176 Å². The first-order valence-corrected chi connectivity index (χ1v) is 11.3. The van der Waals surface area contributed by atoms with E-state index < -0.39 is 0 Å². The van der Waals surface area contributed by atoms with E-state index in [0.717, 1.165) is 41.2 Å². The van der Waals surface area contributed by atoms with Crippen molar-refractivity contribution in [2.45, 2.75) is 30.8 Å². The van der Waals surface area contributed by atoms with Crippen LogP contribution >= 0.6 is 23.1 Å². The number of carbonyl (C=O) groups is 1. The number of thioether (sulfide) groups is 1. The first-order chi connectivity index (χ1) is 14.2. The van der Waals surface area contributed by atoms with Gasteiger partial charge in [-0.1, -0.05) is 30.0 Å². The van der Waals surface area contributed by atoms with Gasteiger partial charge in [-0.15, -0.1) is 16.4 Å². The van der Waals surface area contributed by atoms with Gasteiger partial charge in [-0.05, 0) is 66.3 Å². The van der Waals surface area contributed by atoms with Crippen LogP contribution in [0.4, 0.5) is 5.69 Å². The van der Waals surface area contributed by atoms with Crippen molar-refractivity contribution in [2.24, 2.45) is 0 Å². The zero-order valence-electron chi connectivity index (χ0n) is 15.9. The SMILES string of the molecule is CSc1nnnn1-c1cccc(NC(=O)CCCCc2nc3ccccc3s2)c1. The average Bonchev–Trinajstić information content (AvgIpc) is 3.37. The summed E-state index contributed by atoms with van der Waals surface area (Å²) in [6, 6.07) is 15.7. The lowest BCUT2D eigenvalue weighted by Gasteiger charge is -2.08. The summed E-state index contributed by atoms with van der Waals surface area (Å²) in [5, 5.41) is 16.5. The Morgan fingerprint density at radius 2 is 2.07 bits per heavy atom. The Morgan fingerprint density at radius 3 is 2.93 bits per heavy atom. The highest BCUT2D eigenvalue weighted by Gasteiger charge is 2.09. The standard InChI is InChI=1S/C20H20N6OS2/c1-28-20-23-24-25-26(20)15-8-6-7-14(13-15)21-18(27)11-4-5-12-19-22-16-9-2-3-10-17(16)29-19/h2-3,6-10,13H,4-5,11-12H2,1H3,(H,21,27). The number of anilines is 1. The second kappa shape index (κ2) is 9.15. The van der Waals surface area contributed by atoms with Crippen molar-refractivity contribution in [2.75, 3.05) is 11.6 Å². The molecule has 4 rings (SSSR count). The lowest BCUT2D eigenvalue weighted by Crippen LogP contribution is -2.11. The zero-order chi connectivity index (χ0) is 20.1. The molecule has 1 amide bonds.